The van der Waals surface area contributed by atoms with Crippen LogP contribution >= 0.6 is 0 Å². The summed E-state index contributed by atoms with van der Waals surface area (Å²) < 4.78 is 0. The average molecular weight is 225 g/mol. The lowest BCUT2D eigenvalue weighted by molar-refractivity contribution is -0.151. The molecule has 1 aliphatic carbocycles. The monoisotopic (exact) mass is 225 g/mol. The van der Waals surface area contributed by atoms with Crippen LogP contribution in [-0.4, -0.2) is 35.1 Å². The van der Waals surface area contributed by atoms with Crippen molar-refractivity contribution in [2.75, 3.05) is 13.1 Å². The average Bonchev–Trinajstić information content (AvgIpc) is 2.94. The Balaban J connectivity index is 2.06. The summed E-state index contributed by atoms with van der Waals surface area (Å²) in [7, 11) is 0. The van der Waals surface area contributed by atoms with Gasteiger partial charge in [-0.2, -0.15) is 0 Å². The molecule has 92 valence electrons. The predicted molar refractivity (Wildman–Crippen MR) is 63.3 cm³/mol. The Morgan fingerprint density at radius 3 is 2.38 bits per heavy atom. The highest BCUT2D eigenvalue weighted by Crippen LogP contribution is 2.43. The predicted octanol–water partition coefficient (Wildman–Crippen LogP) is 2.22. The molecule has 0 aromatic rings. The van der Waals surface area contributed by atoms with Crippen LogP contribution in [0, 0.1) is 17.3 Å². The summed E-state index contributed by atoms with van der Waals surface area (Å²) in [6.07, 6.45) is 3.48. The van der Waals surface area contributed by atoms with Crippen LogP contribution < -0.4 is 0 Å². The lowest BCUT2D eigenvalue weighted by atomic mass is 9.76. The fraction of sp³-hybridized carbons (Fsp3) is 0.923. The van der Waals surface area contributed by atoms with Crippen molar-refractivity contribution in [1.82, 2.24) is 4.90 Å². The summed E-state index contributed by atoms with van der Waals surface area (Å²) in [5.41, 5.74) is -0.497. The quantitative estimate of drug-likeness (QED) is 0.797. The molecule has 0 bridgehead atoms. The molecule has 1 saturated carbocycles. The van der Waals surface area contributed by atoms with Crippen LogP contribution in [0.5, 0.6) is 0 Å². The summed E-state index contributed by atoms with van der Waals surface area (Å²) in [6, 6.07) is 0.583. The molecule has 0 aromatic heterocycles. The SMILES string of the molecule is CC(C1CC1)N1CCC(C(=O)O)(C(C)C)C1. The molecule has 3 heteroatoms. The lowest BCUT2D eigenvalue weighted by Crippen LogP contribution is -2.41. The van der Waals surface area contributed by atoms with Crippen molar-refractivity contribution in [3.63, 3.8) is 0 Å². The van der Waals surface area contributed by atoms with E-state index in [4.69, 9.17) is 0 Å². The Hall–Kier alpha value is -0.570. The summed E-state index contributed by atoms with van der Waals surface area (Å²) in [4.78, 5) is 13.9. The molecule has 1 N–H and O–H groups in total. The van der Waals surface area contributed by atoms with Crippen LogP contribution in [0.1, 0.15) is 40.0 Å². The Morgan fingerprint density at radius 1 is 1.38 bits per heavy atom. The Morgan fingerprint density at radius 2 is 2.00 bits per heavy atom. The minimum Gasteiger partial charge on any atom is -0.481 e. The number of likely N-dealkylation sites (tertiary alicyclic amines) is 1. The van der Waals surface area contributed by atoms with Gasteiger partial charge in [0.05, 0.1) is 5.41 Å². The first-order valence-electron chi connectivity index (χ1n) is 6.45. The Labute approximate surface area is 97.8 Å². The number of hydrogen-bond donors (Lipinski definition) is 1. The minimum atomic E-state index is -0.604. The van der Waals surface area contributed by atoms with Crippen molar-refractivity contribution in [2.45, 2.75) is 46.1 Å². The topological polar surface area (TPSA) is 40.5 Å². The lowest BCUT2D eigenvalue weighted by Gasteiger charge is -2.31. The van der Waals surface area contributed by atoms with Crippen molar-refractivity contribution in [1.29, 1.82) is 0 Å². The minimum absolute atomic E-state index is 0.224. The number of nitrogens with zero attached hydrogens (tertiary/aromatic N) is 1. The van der Waals surface area contributed by atoms with Crippen LogP contribution in [0.4, 0.5) is 0 Å². The van der Waals surface area contributed by atoms with Gasteiger partial charge in [0.15, 0.2) is 0 Å². The van der Waals surface area contributed by atoms with E-state index in [1.165, 1.54) is 12.8 Å². The molecule has 1 aliphatic heterocycles. The van der Waals surface area contributed by atoms with Crippen molar-refractivity contribution in [2.24, 2.45) is 17.3 Å². The molecule has 0 amide bonds. The van der Waals surface area contributed by atoms with E-state index in [-0.39, 0.29) is 5.92 Å². The zero-order valence-corrected chi connectivity index (χ0v) is 10.6. The summed E-state index contributed by atoms with van der Waals surface area (Å²) in [5.74, 6) is 0.450. The first kappa shape index (κ1) is 11.9. The Bertz CT molecular complexity index is 286. The van der Waals surface area contributed by atoms with Crippen molar-refractivity contribution in [3.05, 3.63) is 0 Å². The van der Waals surface area contributed by atoms with Gasteiger partial charge in [-0.1, -0.05) is 13.8 Å². The van der Waals surface area contributed by atoms with Crippen LogP contribution in [0.25, 0.3) is 0 Å². The highest BCUT2D eigenvalue weighted by atomic mass is 16.4. The van der Waals surface area contributed by atoms with E-state index in [0.717, 1.165) is 25.4 Å². The maximum atomic E-state index is 11.5. The number of rotatable bonds is 4. The summed E-state index contributed by atoms with van der Waals surface area (Å²) >= 11 is 0. The molecule has 0 radical (unpaired) electrons. The molecule has 2 unspecified atom stereocenters. The Kier molecular flexibility index (Phi) is 2.99. The molecule has 0 aromatic carbocycles. The molecule has 3 nitrogen and oxygen atoms in total. The van der Waals surface area contributed by atoms with Gasteiger partial charge >= 0.3 is 5.97 Å². The van der Waals surface area contributed by atoms with Crippen LogP contribution in [-0.2, 0) is 4.79 Å². The molecular weight excluding hydrogens is 202 g/mol. The zero-order valence-electron chi connectivity index (χ0n) is 10.6. The van der Waals surface area contributed by atoms with E-state index in [1.54, 1.807) is 0 Å². The van der Waals surface area contributed by atoms with Gasteiger partial charge in [-0.15, -0.1) is 0 Å². The molecule has 1 heterocycles. The maximum absolute atomic E-state index is 11.5. The number of hydrogen-bond acceptors (Lipinski definition) is 2. The van der Waals surface area contributed by atoms with Crippen molar-refractivity contribution in [3.8, 4) is 0 Å². The van der Waals surface area contributed by atoms with Gasteiger partial charge in [0.25, 0.3) is 0 Å². The third-order valence-corrected chi connectivity index (χ3v) is 4.74. The maximum Gasteiger partial charge on any atom is 0.311 e. The van der Waals surface area contributed by atoms with Gasteiger partial charge in [0.2, 0.25) is 0 Å². The molecule has 2 aliphatic rings. The van der Waals surface area contributed by atoms with Gasteiger partial charge in [0.1, 0.15) is 0 Å². The summed E-state index contributed by atoms with van der Waals surface area (Å²) in [5, 5.41) is 9.46. The van der Waals surface area contributed by atoms with E-state index >= 15 is 0 Å². The zero-order chi connectivity index (χ0) is 11.9. The second-order valence-electron chi connectivity index (χ2n) is 5.91. The van der Waals surface area contributed by atoms with Gasteiger partial charge in [-0.3, -0.25) is 9.69 Å². The third-order valence-electron chi connectivity index (χ3n) is 4.74. The molecule has 16 heavy (non-hydrogen) atoms. The first-order valence-corrected chi connectivity index (χ1v) is 6.45. The second kappa shape index (κ2) is 4.02. The number of carboxylic acid groups (broad SMARTS) is 1. The van der Waals surface area contributed by atoms with E-state index in [9.17, 15) is 9.90 Å². The number of carbonyl (C=O) groups is 1. The first-order chi connectivity index (χ1) is 7.47. The van der Waals surface area contributed by atoms with Gasteiger partial charge in [-0.05, 0) is 44.6 Å². The normalized spacial score (nSPS) is 33.2. The van der Waals surface area contributed by atoms with Crippen LogP contribution in [0.3, 0.4) is 0 Å². The fourth-order valence-electron chi connectivity index (χ4n) is 2.98. The van der Waals surface area contributed by atoms with Gasteiger partial charge < -0.3 is 5.11 Å². The molecule has 2 rings (SSSR count). The fourth-order valence-corrected chi connectivity index (χ4v) is 2.98. The largest absolute Gasteiger partial charge is 0.481 e. The van der Waals surface area contributed by atoms with Crippen LogP contribution in [0.15, 0.2) is 0 Å². The van der Waals surface area contributed by atoms with E-state index in [1.807, 2.05) is 13.8 Å². The van der Waals surface area contributed by atoms with Crippen LogP contribution in [0.2, 0.25) is 0 Å². The number of carboxylic acids is 1. The number of aliphatic carboxylic acids is 1. The van der Waals surface area contributed by atoms with E-state index in [0.29, 0.717) is 6.04 Å². The standard InChI is InChI=1S/C13H23NO2/c1-9(2)13(12(15)16)6-7-14(8-13)10(3)11-4-5-11/h9-11H,4-8H2,1-3H3,(H,15,16). The highest BCUT2D eigenvalue weighted by Gasteiger charge is 2.49. The molecular formula is C13H23NO2. The van der Waals surface area contributed by atoms with Gasteiger partial charge in [-0.25, -0.2) is 0 Å². The smallest absolute Gasteiger partial charge is 0.311 e. The summed E-state index contributed by atoms with van der Waals surface area (Å²) in [6.45, 7) is 8.05. The second-order valence-corrected chi connectivity index (χ2v) is 5.91. The molecule has 0 spiro atoms. The van der Waals surface area contributed by atoms with Crippen molar-refractivity contribution >= 4 is 5.97 Å². The molecule has 2 atom stereocenters. The van der Waals surface area contributed by atoms with Gasteiger partial charge in [0, 0.05) is 12.6 Å². The van der Waals surface area contributed by atoms with E-state index in [2.05, 4.69) is 11.8 Å². The molecule has 2 fully saturated rings. The molecule has 1 saturated heterocycles. The van der Waals surface area contributed by atoms with Crippen molar-refractivity contribution < 1.29 is 9.90 Å². The third kappa shape index (κ3) is 1.86. The highest BCUT2D eigenvalue weighted by molar-refractivity contribution is 5.75. The van der Waals surface area contributed by atoms with E-state index < -0.39 is 11.4 Å².